The number of hydrogen-bond acceptors (Lipinski definition) is 5. The second kappa shape index (κ2) is 9.57. The van der Waals surface area contributed by atoms with Crippen LogP contribution in [-0.2, 0) is 14.8 Å². The fraction of sp³-hybridized carbons (Fsp3) is 0.125. The molecule has 32 heavy (non-hydrogen) atoms. The molecule has 0 spiro atoms. The molecule has 8 heteroatoms. The molecule has 0 saturated carbocycles. The molecule has 3 aromatic rings. The third kappa shape index (κ3) is 5.28. The molecule has 0 saturated heterocycles. The number of phenols is 1. The molecule has 0 atom stereocenters. The van der Waals surface area contributed by atoms with E-state index in [2.05, 4.69) is 15.4 Å². The van der Waals surface area contributed by atoms with Crippen molar-refractivity contribution in [3.05, 3.63) is 89.6 Å². The summed E-state index contributed by atoms with van der Waals surface area (Å²) in [7, 11) is -2.19. The molecule has 0 heterocycles. The number of hydrogen-bond donors (Lipinski definition) is 4. The monoisotopic (exact) mass is 451 g/mol. The van der Waals surface area contributed by atoms with Crippen LogP contribution in [0.15, 0.2) is 83.4 Å². The largest absolute Gasteiger partial charge is 0.507 e. The van der Waals surface area contributed by atoms with Gasteiger partial charge in [0, 0.05) is 29.7 Å². The summed E-state index contributed by atoms with van der Waals surface area (Å²) in [6.07, 6.45) is 0. The Morgan fingerprint density at radius 3 is 2.19 bits per heavy atom. The third-order valence-electron chi connectivity index (χ3n) is 4.86. The number of rotatable bonds is 7. The van der Waals surface area contributed by atoms with Gasteiger partial charge in [0.1, 0.15) is 5.75 Å². The minimum Gasteiger partial charge on any atom is -0.507 e. The molecule has 166 valence electrons. The zero-order valence-electron chi connectivity index (χ0n) is 18.0. The maximum Gasteiger partial charge on any atom is 0.261 e. The minimum atomic E-state index is -3.84. The highest BCUT2D eigenvalue weighted by atomic mass is 32.2. The van der Waals surface area contributed by atoms with Gasteiger partial charge in [0.2, 0.25) is 0 Å². The predicted octanol–water partition coefficient (Wildman–Crippen LogP) is 4.09. The maximum absolute atomic E-state index is 13.1. The first-order valence-corrected chi connectivity index (χ1v) is 11.4. The number of phenolic OH excluding ortho intramolecular Hbond substituents is 1. The summed E-state index contributed by atoms with van der Waals surface area (Å²) in [4.78, 5) is 13.2. The van der Waals surface area contributed by atoms with Gasteiger partial charge in [-0.3, -0.25) is 9.52 Å². The number of carbonyl (C=O) groups is 1. The third-order valence-corrected chi connectivity index (χ3v) is 6.26. The number of para-hydroxylation sites is 1. The first-order valence-electron chi connectivity index (χ1n) is 9.89. The molecule has 0 aliphatic heterocycles. The molecule has 0 fully saturated rings. The Morgan fingerprint density at radius 2 is 1.56 bits per heavy atom. The van der Waals surface area contributed by atoms with Crippen LogP contribution in [0.5, 0.6) is 5.75 Å². The molecule has 0 aliphatic rings. The lowest BCUT2D eigenvalue weighted by atomic mass is 10.0. The number of benzene rings is 3. The van der Waals surface area contributed by atoms with E-state index in [9.17, 15) is 18.3 Å². The zero-order chi connectivity index (χ0) is 23.3. The fourth-order valence-electron chi connectivity index (χ4n) is 3.07. The van der Waals surface area contributed by atoms with Gasteiger partial charge in [-0.15, -0.1) is 0 Å². The van der Waals surface area contributed by atoms with Crippen molar-refractivity contribution in [2.75, 3.05) is 17.1 Å². The normalized spacial score (nSPS) is 12.0. The average Bonchev–Trinajstić information content (AvgIpc) is 2.76. The highest BCUT2D eigenvalue weighted by Gasteiger charge is 2.21. The first-order chi connectivity index (χ1) is 15.2. The predicted molar refractivity (Wildman–Crippen MR) is 127 cm³/mol. The quantitative estimate of drug-likeness (QED) is 0.320. The summed E-state index contributed by atoms with van der Waals surface area (Å²) in [6.45, 7) is 3.57. The summed E-state index contributed by atoms with van der Waals surface area (Å²) in [6, 6.07) is 19.6. The Balaban J connectivity index is 1.97. The molecule has 0 aliphatic carbocycles. The van der Waals surface area contributed by atoms with Gasteiger partial charge in [-0.1, -0.05) is 35.9 Å². The number of aryl methyl sites for hydroxylation is 1. The van der Waals surface area contributed by atoms with Gasteiger partial charge >= 0.3 is 0 Å². The van der Waals surface area contributed by atoms with Gasteiger partial charge in [0.25, 0.3) is 15.9 Å². The Kier molecular flexibility index (Phi) is 6.85. The number of amides is 1. The molecule has 0 radical (unpaired) electrons. The fourth-order valence-corrected chi connectivity index (χ4v) is 4.12. The van der Waals surface area contributed by atoms with Crippen molar-refractivity contribution in [2.45, 2.75) is 18.7 Å². The second-order valence-corrected chi connectivity index (χ2v) is 8.90. The lowest BCUT2D eigenvalue weighted by molar-refractivity contribution is -0.111. The lowest BCUT2D eigenvalue weighted by Gasteiger charge is -2.16. The van der Waals surface area contributed by atoms with Crippen molar-refractivity contribution in [3.8, 4) is 5.75 Å². The summed E-state index contributed by atoms with van der Waals surface area (Å²) in [5.41, 5.74) is 2.63. The number of sulfonamides is 1. The van der Waals surface area contributed by atoms with E-state index in [1.807, 2.05) is 13.0 Å². The topological polar surface area (TPSA) is 108 Å². The van der Waals surface area contributed by atoms with E-state index >= 15 is 0 Å². The molecule has 0 bridgehead atoms. The van der Waals surface area contributed by atoms with Crippen molar-refractivity contribution in [2.24, 2.45) is 0 Å². The van der Waals surface area contributed by atoms with Crippen molar-refractivity contribution in [1.29, 1.82) is 0 Å². The molecule has 0 unspecified atom stereocenters. The van der Waals surface area contributed by atoms with Crippen molar-refractivity contribution in [3.63, 3.8) is 0 Å². The molecule has 3 aromatic carbocycles. The number of allylic oxidation sites excluding steroid dienone is 1. The Labute approximate surface area is 187 Å². The zero-order valence-corrected chi connectivity index (χ0v) is 18.8. The number of aromatic hydroxyl groups is 1. The van der Waals surface area contributed by atoms with Crippen LogP contribution in [0.1, 0.15) is 18.1 Å². The molecule has 4 N–H and O–H groups in total. The van der Waals surface area contributed by atoms with E-state index in [1.165, 1.54) is 30.3 Å². The van der Waals surface area contributed by atoms with Gasteiger partial charge in [0.15, 0.2) is 0 Å². The number of anilines is 2. The van der Waals surface area contributed by atoms with Crippen LogP contribution in [0.25, 0.3) is 5.57 Å². The summed E-state index contributed by atoms with van der Waals surface area (Å²) in [5, 5.41) is 16.2. The van der Waals surface area contributed by atoms with Crippen LogP contribution in [0.4, 0.5) is 11.4 Å². The van der Waals surface area contributed by atoms with E-state index in [0.717, 1.165) is 5.56 Å². The Hall–Kier alpha value is -3.78. The SMILES string of the molecule is CNC(C)=C(C(=O)Nc1ccccc1)c1cc(NS(=O)(=O)c2ccc(C)cc2)ccc1O. The molecular weight excluding hydrogens is 426 g/mol. The Bertz CT molecular complexity index is 1250. The molecule has 0 aromatic heterocycles. The van der Waals surface area contributed by atoms with Crippen LogP contribution < -0.4 is 15.4 Å². The average molecular weight is 452 g/mol. The van der Waals surface area contributed by atoms with Crippen LogP contribution in [-0.4, -0.2) is 26.5 Å². The van der Waals surface area contributed by atoms with E-state index in [4.69, 9.17) is 0 Å². The van der Waals surface area contributed by atoms with Crippen molar-refractivity contribution < 1.29 is 18.3 Å². The number of nitrogens with one attached hydrogen (secondary N) is 3. The van der Waals surface area contributed by atoms with E-state index < -0.39 is 15.9 Å². The van der Waals surface area contributed by atoms with Gasteiger partial charge in [-0.2, -0.15) is 0 Å². The summed E-state index contributed by atoms with van der Waals surface area (Å²) in [5.74, 6) is -0.604. The van der Waals surface area contributed by atoms with Gasteiger partial charge in [-0.25, -0.2) is 8.42 Å². The minimum absolute atomic E-state index is 0.113. The van der Waals surface area contributed by atoms with Crippen LogP contribution >= 0.6 is 0 Å². The molecule has 7 nitrogen and oxygen atoms in total. The molecule has 3 rings (SSSR count). The van der Waals surface area contributed by atoms with Crippen LogP contribution in [0, 0.1) is 6.92 Å². The van der Waals surface area contributed by atoms with Gasteiger partial charge in [0.05, 0.1) is 10.5 Å². The van der Waals surface area contributed by atoms with Crippen molar-refractivity contribution in [1.82, 2.24) is 5.32 Å². The van der Waals surface area contributed by atoms with E-state index in [0.29, 0.717) is 11.4 Å². The molecular formula is C24H25N3O4S. The van der Waals surface area contributed by atoms with Gasteiger partial charge < -0.3 is 15.7 Å². The van der Waals surface area contributed by atoms with E-state index in [-0.39, 0.29) is 27.5 Å². The van der Waals surface area contributed by atoms with Gasteiger partial charge in [-0.05, 0) is 56.3 Å². The lowest BCUT2D eigenvalue weighted by Crippen LogP contribution is -2.19. The van der Waals surface area contributed by atoms with Crippen molar-refractivity contribution >= 4 is 32.9 Å². The molecule has 1 amide bonds. The smallest absolute Gasteiger partial charge is 0.261 e. The first kappa shape index (κ1) is 22.9. The highest BCUT2D eigenvalue weighted by Crippen LogP contribution is 2.31. The Morgan fingerprint density at radius 1 is 0.906 bits per heavy atom. The maximum atomic E-state index is 13.1. The standard InChI is InChI=1S/C24H25N3O4S/c1-16-9-12-20(13-10-16)32(30,31)27-19-11-14-22(28)21(15-19)23(17(2)25-3)24(29)26-18-7-5-4-6-8-18/h4-15,25,27-28H,1-3H3,(H,26,29). The van der Waals surface area contributed by atoms with Crippen LogP contribution in [0.2, 0.25) is 0 Å². The number of carbonyl (C=O) groups excluding carboxylic acids is 1. The summed E-state index contributed by atoms with van der Waals surface area (Å²) >= 11 is 0. The highest BCUT2D eigenvalue weighted by molar-refractivity contribution is 7.92. The van der Waals surface area contributed by atoms with E-state index in [1.54, 1.807) is 50.4 Å². The van der Waals surface area contributed by atoms with Crippen LogP contribution in [0.3, 0.4) is 0 Å². The second-order valence-electron chi connectivity index (χ2n) is 7.22. The summed E-state index contributed by atoms with van der Waals surface area (Å²) < 4.78 is 28.0.